The highest BCUT2D eigenvalue weighted by atomic mass is 79.9. The fraction of sp³-hybridized carbons (Fsp3) is 0.235. The molecule has 4 rings (SSSR count). The first-order valence-electron chi connectivity index (χ1n) is 14.3. The van der Waals surface area contributed by atoms with E-state index in [1.165, 1.54) is 36.3 Å². The zero-order chi connectivity index (χ0) is 32.6. The molecule has 0 bridgehead atoms. The van der Waals surface area contributed by atoms with E-state index in [1.54, 1.807) is 24.3 Å². The van der Waals surface area contributed by atoms with Crippen LogP contribution in [0, 0.1) is 0 Å². The molecule has 8 nitrogen and oxygen atoms in total. The maximum absolute atomic E-state index is 14.5. The number of anilines is 1. The fourth-order valence-corrected chi connectivity index (χ4v) is 6.95. The zero-order valence-electron chi connectivity index (χ0n) is 25.2. The van der Waals surface area contributed by atoms with Crippen molar-refractivity contribution < 1.29 is 22.7 Å². The van der Waals surface area contributed by atoms with Crippen LogP contribution < -0.4 is 14.4 Å². The summed E-state index contributed by atoms with van der Waals surface area (Å²) in [6.07, 6.45) is 0.221. The maximum Gasteiger partial charge on any atom is 0.264 e. The number of carbonyl (C=O) groups excluding carboxylic acids is 2. The summed E-state index contributed by atoms with van der Waals surface area (Å²) in [7, 11) is -2.79. The van der Waals surface area contributed by atoms with Gasteiger partial charge in [-0.15, -0.1) is 0 Å². The Labute approximate surface area is 278 Å². The van der Waals surface area contributed by atoms with Gasteiger partial charge in [0.05, 0.1) is 22.7 Å². The zero-order valence-corrected chi connectivity index (χ0v) is 28.3. The van der Waals surface area contributed by atoms with Crippen molar-refractivity contribution in [1.29, 1.82) is 0 Å². The Morgan fingerprint density at radius 2 is 1.53 bits per heavy atom. The third-order valence-corrected chi connectivity index (χ3v) is 9.55. The first-order valence-corrected chi connectivity index (χ1v) is 16.9. The number of rotatable bonds is 13. The first-order chi connectivity index (χ1) is 21.5. The molecule has 0 aliphatic rings. The monoisotopic (exact) mass is 711 g/mol. The van der Waals surface area contributed by atoms with Gasteiger partial charge in [-0.05, 0) is 67.4 Å². The van der Waals surface area contributed by atoms with E-state index < -0.39 is 28.5 Å². The van der Waals surface area contributed by atoms with Crippen molar-refractivity contribution >= 4 is 55.1 Å². The standard InChI is InChI=1S/C34H35BrClN3O5S/c1-24(2)37-34(41)31(20-25-11-6-4-7-12-25)38(22-26-13-10-14-27(35)19-26)33(40)23-39(28-17-18-32(44-3)30(36)21-28)45(42,43)29-15-8-5-9-16-29/h4-19,21,24,31H,20,22-23H2,1-3H3,(H,37,41)/t31-/m0/s1. The normalized spacial score (nSPS) is 12.0. The highest BCUT2D eigenvalue weighted by molar-refractivity contribution is 9.10. The molecule has 11 heteroatoms. The van der Waals surface area contributed by atoms with Crippen molar-refractivity contribution in [2.45, 2.75) is 43.8 Å². The number of halogens is 2. The third kappa shape index (κ3) is 8.87. The van der Waals surface area contributed by atoms with E-state index in [9.17, 15) is 18.0 Å². The van der Waals surface area contributed by atoms with Gasteiger partial charge in [0.25, 0.3) is 10.0 Å². The number of carbonyl (C=O) groups is 2. The van der Waals surface area contributed by atoms with Crippen LogP contribution in [0.4, 0.5) is 5.69 Å². The molecule has 0 fully saturated rings. The molecular formula is C34H35BrClN3O5S. The summed E-state index contributed by atoms with van der Waals surface area (Å²) < 4.78 is 35.3. The van der Waals surface area contributed by atoms with Crippen LogP contribution >= 0.6 is 27.5 Å². The lowest BCUT2D eigenvalue weighted by Gasteiger charge is -2.34. The van der Waals surface area contributed by atoms with Crippen LogP contribution in [0.1, 0.15) is 25.0 Å². The molecule has 0 radical (unpaired) electrons. The Kier molecular flexibility index (Phi) is 11.7. The lowest BCUT2D eigenvalue weighted by Crippen LogP contribution is -2.54. The SMILES string of the molecule is COc1ccc(N(CC(=O)N(Cc2cccc(Br)c2)[C@@H](Cc2ccccc2)C(=O)NC(C)C)S(=O)(=O)c2ccccc2)cc1Cl. The summed E-state index contributed by atoms with van der Waals surface area (Å²) in [5.41, 5.74) is 1.79. The number of methoxy groups -OCH3 is 1. The van der Waals surface area contributed by atoms with E-state index in [0.717, 1.165) is 19.9 Å². The third-order valence-electron chi connectivity index (χ3n) is 6.98. The number of hydrogen-bond donors (Lipinski definition) is 1. The number of hydrogen-bond acceptors (Lipinski definition) is 5. The van der Waals surface area contributed by atoms with E-state index in [2.05, 4.69) is 21.2 Å². The molecule has 0 unspecified atom stereocenters. The number of ether oxygens (including phenoxy) is 1. The molecule has 1 atom stereocenters. The fourth-order valence-electron chi connectivity index (χ4n) is 4.83. The van der Waals surface area contributed by atoms with Gasteiger partial charge in [0.15, 0.2) is 0 Å². The Bertz CT molecular complexity index is 1720. The predicted molar refractivity (Wildman–Crippen MR) is 181 cm³/mol. The Morgan fingerprint density at radius 1 is 0.889 bits per heavy atom. The Balaban J connectivity index is 1.82. The second-order valence-electron chi connectivity index (χ2n) is 10.7. The largest absolute Gasteiger partial charge is 0.495 e. The topological polar surface area (TPSA) is 96.0 Å². The van der Waals surface area contributed by atoms with Gasteiger partial charge in [-0.1, -0.05) is 88.2 Å². The van der Waals surface area contributed by atoms with Crippen LogP contribution in [0.5, 0.6) is 5.75 Å². The quantitative estimate of drug-likeness (QED) is 0.172. The van der Waals surface area contributed by atoms with E-state index in [4.69, 9.17) is 16.3 Å². The number of amides is 2. The molecule has 0 saturated heterocycles. The Hall–Kier alpha value is -3.86. The van der Waals surface area contributed by atoms with Crippen LogP contribution in [0.3, 0.4) is 0 Å². The molecule has 236 valence electrons. The molecule has 4 aromatic rings. The highest BCUT2D eigenvalue weighted by Gasteiger charge is 2.35. The van der Waals surface area contributed by atoms with Gasteiger partial charge in [0.2, 0.25) is 11.8 Å². The molecule has 45 heavy (non-hydrogen) atoms. The molecule has 1 N–H and O–H groups in total. The van der Waals surface area contributed by atoms with Crippen molar-refractivity contribution in [2.24, 2.45) is 0 Å². The summed E-state index contributed by atoms with van der Waals surface area (Å²) in [5, 5.41) is 3.13. The second kappa shape index (κ2) is 15.4. The van der Waals surface area contributed by atoms with Crippen molar-refractivity contribution in [1.82, 2.24) is 10.2 Å². The van der Waals surface area contributed by atoms with Gasteiger partial charge in [-0.25, -0.2) is 8.42 Å². The van der Waals surface area contributed by atoms with E-state index in [0.29, 0.717) is 5.75 Å². The minimum atomic E-state index is -4.24. The van der Waals surface area contributed by atoms with Gasteiger partial charge in [-0.2, -0.15) is 0 Å². The number of nitrogens with one attached hydrogen (secondary N) is 1. The minimum Gasteiger partial charge on any atom is -0.495 e. The molecule has 0 spiro atoms. The number of benzene rings is 4. The lowest BCUT2D eigenvalue weighted by atomic mass is 10.0. The Morgan fingerprint density at radius 3 is 2.13 bits per heavy atom. The number of sulfonamides is 1. The van der Waals surface area contributed by atoms with Gasteiger partial charge in [0.1, 0.15) is 18.3 Å². The van der Waals surface area contributed by atoms with Crippen LogP contribution in [-0.4, -0.2) is 50.9 Å². The lowest BCUT2D eigenvalue weighted by molar-refractivity contribution is -0.140. The van der Waals surface area contributed by atoms with Crippen molar-refractivity contribution in [3.05, 3.63) is 124 Å². The highest BCUT2D eigenvalue weighted by Crippen LogP contribution is 2.32. The van der Waals surface area contributed by atoms with Gasteiger partial charge in [-0.3, -0.25) is 13.9 Å². The van der Waals surface area contributed by atoms with Crippen LogP contribution in [-0.2, 0) is 32.6 Å². The molecule has 4 aromatic carbocycles. The summed E-state index contributed by atoms with van der Waals surface area (Å²) in [4.78, 5) is 29.7. The molecule has 0 aromatic heterocycles. The van der Waals surface area contributed by atoms with Crippen LogP contribution in [0.2, 0.25) is 5.02 Å². The van der Waals surface area contributed by atoms with E-state index >= 15 is 0 Å². The van der Waals surface area contributed by atoms with E-state index in [-0.39, 0.29) is 40.5 Å². The molecule has 0 aliphatic heterocycles. The molecule has 2 amide bonds. The smallest absolute Gasteiger partial charge is 0.264 e. The van der Waals surface area contributed by atoms with Crippen LogP contribution in [0.25, 0.3) is 0 Å². The van der Waals surface area contributed by atoms with Gasteiger partial charge in [0, 0.05) is 23.5 Å². The maximum atomic E-state index is 14.5. The second-order valence-corrected chi connectivity index (χ2v) is 13.8. The van der Waals surface area contributed by atoms with Crippen molar-refractivity contribution in [2.75, 3.05) is 18.0 Å². The summed E-state index contributed by atoms with van der Waals surface area (Å²) in [6, 6.07) is 28.1. The first kappa shape index (κ1) is 34.0. The molecule has 0 saturated carbocycles. The summed E-state index contributed by atoms with van der Waals surface area (Å²) in [5.74, 6) is -0.559. The van der Waals surface area contributed by atoms with Gasteiger partial charge < -0.3 is 15.0 Å². The van der Waals surface area contributed by atoms with Crippen molar-refractivity contribution in [3.8, 4) is 5.75 Å². The van der Waals surface area contributed by atoms with E-state index in [1.807, 2.05) is 68.4 Å². The summed E-state index contributed by atoms with van der Waals surface area (Å²) >= 11 is 9.91. The van der Waals surface area contributed by atoms with Crippen molar-refractivity contribution in [3.63, 3.8) is 0 Å². The molecular weight excluding hydrogens is 678 g/mol. The number of nitrogens with zero attached hydrogens (tertiary/aromatic N) is 2. The predicted octanol–water partition coefficient (Wildman–Crippen LogP) is 6.47. The van der Waals surface area contributed by atoms with Gasteiger partial charge >= 0.3 is 0 Å². The minimum absolute atomic E-state index is 0.00154. The molecule has 0 aliphatic carbocycles. The summed E-state index contributed by atoms with van der Waals surface area (Å²) in [6.45, 7) is 3.16. The molecule has 0 heterocycles. The van der Waals surface area contributed by atoms with Crippen LogP contribution in [0.15, 0.2) is 112 Å². The average molecular weight is 713 g/mol. The average Bonchev–Trinajstić information content (AvgIpc) is 3.02.